The van der Waals surface area contributed by atoms with Crippen LogP contribution in [0.3, 0.4) is 0 Å². The smallest absolute Gasteiger partial charge is 0.407 e. The van der Waals surface area contributed by atoms with E-state index in [0.29, 0.717) is 6.61 Å². The van der Waals surface area contributed by atoms with E-state index in [1.807, 2.05) is 20.8 Å². The molecule has 17 heavy (non-hydrogen) atoms. The van der Waals surface area contributed by atoms with Gasteiger partial charge in [0.15, 0.2) is 0 Å². The molecule has 1 amide bonds. The Labute approximate surface area is 102 Å². The third kappa shape index (κ3) is 6.48. The fourth-order valence-electron chi connectivity index (χ4n) is 1.57. The van der Waals surface area contributed by atoms with Crippen LogP contribution in [0.25, 0.3) is 0 Å². The Hall–Kier alpha value is -0.810. The van der Waals surface area contributed by atoms with Gasteiger partial charge in [-0.25, -0.2) is 4.79 Å². The minimum atomic E-state index is -0.482. The number of hydrogen-bond donors (Lipinski definition) is 2. The molecule has 5 heteroatoms. The number of nitrogens with one attached hydrogen (secondary N) is 1. The van der Waals surface area contributed by atoms with Crippen LogP contribution in [0.2, 0.25) is 0 Å². The number of aliphatic hydroxyl groups is 1. The van der Waals surface area contributed by atoms with Gasteiger partial charge in [0.25, 0.3) is 0 Å². The van der Waals surface area contributed by atoms with Crippen molar-refractivity contribution < 1.29 is 19.4 Å². The predicted octanol–water partition coefficient (Wildman–Crippen LogP) is 1.44. The van der Waals surface area contributed by atoms with Crippen molar-refractivity contribution in [2.45, 2.75) is 57.8 Å². The highest BCUT2D eigenvalue weighted by Crippen LogP contribution is 2.19. The number of hydrogen-bond acceptors (Lipinski definition) is 4. The van der Waals surface area contributed by atoms with E-state index < -0.39 is 11.7 Å². The summed E-state index contributed by atoms with van der Waals surface area (Å²) in [5.41, 5.74) is -0.482. The molecular weight excluding hydrogens is 222 g/mol. The maximum atomic E-state index is 11.6. The third-order valence-electron chi connectivity index (χ3n) is 2.43. The molecule has 0 radical (unpaired) electrons. The molecule has 2 atom stereocenters. The molecule has 2 N–H and O–H groups in total. The fraction of sp³-hybridized carbons (Fsp3) is 0.917. The Morgan fingerprint density at radius 1 is 1.53 bits per heavy atom. The van der Waals surface area contributed by atoms with E-state index in [0.717, 1.165) is 19.3 Å². The van der Waals surface area contributed by atoms with Gasteiger partial charge in [0.2, 0.25) is 0 Å². The van der Waals surface area contributed by atoms with Crippen LogP contribution < -0.4 is 5.32 Å². The van der Waals surface area contributed by atoms with E-state index in [-0.39, 0.29) is 18.8 Å². The first-order valence-corrected chi connectivity index (χ1v) is 6.14. The summed E-state index contributed by atoms with van der Waals surface area (Å²) >= 11 is 0. The zero-order chi connectivity index (χ0) is 12.9. The second kappa shape index (κ2) is 6.21. The van der Waals surface area contributed by atoms with Crippen LogP contribution in [0.1, 0.15) is 40.0 Å². The molecule has 0 aromatic heterocycles. The number of ether oxygens (including phenoxy) is 2. The Bertz CT molecular complexity index is 245. The van der Waals surface area contributed by atoms with E-state index in [1.54, 1.807) is 0 Å². The largest absolute Gasteiger partial charge is 0.444 e. The molecule has 0 saturated carbocycles. The summed E-state index contributed by atoms with van der Waals surface area (Å²) in [5.74, 6) is 0. The van der Waals surface area contributed by atoms with Crippen LogP contribution >= 0.6 is 0 Å². The van der Waals surface area contributed by atoms with Crippen LogP contribution in [-0.2, 0) is 9.47 Å². The molecule has 0 aromatic rings. The molecule has 1 heterocycles. The maximum Gasteiger partial charge on any atom is 0.407 e. The summed E-state index contributed by atoms with van der Waals surface area (Å²) in [6, 6.07) is -0.00333. The van der Waals surface area contributed by atoms with Gasteiger partial charge in [-0.05, 0) is 40.0 Å². The highest BCUT2D eigenvalue weighted by Gasteiger charge is 2.34. The first kappa shape index (κ1) is 14.3. The van der Waals surface area contributed by atoms with Gasteiger partial charge in [0, 0.05) is 6.61 Å². The lowest BCUT2D eigenvalue weighted by atomic mass is 10.1. The van der Waals surface area contributed by atoms with Gasteiger partial charge in [-0.15, -0.1) is 0 Å². The molecular formula is C12H23NO4. The summed E-state index contributed by atoms with van der Waals surface area (Å²) in [5, 5.41) is 11.6. The van der Waals surface area contributed by atoms with Crippen molar-refractivity contribution in [2.24, 2.45) is 0 Å². The molecule has 0 spiro atoms. The van der Waals surface area contributed by atoms with Gasteiger partial charge in [-0.3, -0.25) is 0 Å². The average Bonchev–Trinajstić information content (AvgIpc) is 2.96. The quantitative estimate of drug-likeness (QED) is 0.548. The molecule has 0 aromatic carbocycles. The molecule has 1 rings (SSSR count). The van der Waals surface area contributed by atoms with Crippen molar-refractivity contribution in [1.82, 2.24) is 5.32 Å². The molecule has 1 saturated heterocycles. The van der Waals surface area contributed by atoms with Crippen molar-refractivity contribution in [3.8, 4) is 0 Å². The Balaban J connectivity index is 2.30. The van der Waals surface area contributed by atoms with Crippen LogP contribution in [0.5, 0.6) is 0 Å². The van der Waals surface area contributed by atoms with Crippen molar-refractivity contribution >= 4 is 6.09 Å². The number of carbonyl (C=O) groups is 1. The minimum absolute atomic E-state index is 0.00333. The molecule has 0 unspecified atom stereocenters. The Morgan fingerprint density at radius 3 is 2.65 bits per heavy atom. The van der Waals surface area contributed by atoms with Gasteiger partial charge in [0.05, 0.1) is 12.6 Å². The lowest BCUT2D eigenvalue weighted by Crippen LogP contribution is -2.42. The zero-order valence-corrected chi connectivity index (χ0v) is 10.9. The Morgan fingerprint density at radius 2 is 2.18 bits per heavy atom. The number of amides is 1. The summed E-state index contributed by atoms with van der Waals surface area (Å²) in [7, 11) is 0. The van der Waals surface area contributed by atoms with Crippen LogP contribution in [0.15, 0.2) is 0 Å². The molecule has 5 nitrogen and oxygen atoms in total. The normalized spacial score (nSPS) is 20.8. The lowest BCUT2D eigenvalue weighted by molar-refractivity contribution is 0.0491. The van der Waals surface area contributed by atoms with Gasteiger partial charge < -0.3 is 19.9 Å². The van der Waals surface area contributed by atoms with Crippen LogP contribution in [-0.4, -0.2) is 42.2 Å². The van der Waals surface area contributed by atoms with E-state index in [2.05, 4.69) is 5.32 Å². The van der Waals surface area contributed by atoms with Crippen LogP contribution in [0, 0.1) is 0 Å². The first-order chi connectivity index (χ1) is 7.92. The summed E-state index contributed by atoms with van der Waals surface area (Å²) in [4.78, 5) is 11.6. The third-order valence-corrected chi connectivity index (χ3v) is 2.43. The maximum absolute atomic E-state index is 11.6. The van der Waals surface area contributed by atoms with Gasteiger partial charge >= 0.3 is 6.09 Å². The highest BCUT2D eigenvalue weighted by molar-refractivity contribution is 5.68. The second-order valence-corrected chi connectivity index (χ2v) is 5.34. The zero-order valence-electron chi connectivity index (χ0n) is 10.9. The van der Waals surface area contributed by atoms with Gasteiger partial charge in [0.1, 0.15) is 11.7 Å². The van der Waals surface area contributed by atoms with E-state index in [9.17, 15) is 4.79 Å². The molecule has 1 aliphatic heterocycles. The number of unbranched alkanes of at least 4 members (excludes halogenated alkanes) is 1. The SMILES string of the molecule is CC(C)(C)OC(=O)N[C@@H](CCCCO)[C@H]1CO1. The van der Waals surface area contributed by atoms with Crippen molar-refractivity contribution in [1.29, 1.82) is 0 Å². The summed E-state index contributed by atoms with van der Waals surface area (Å²) < 4.78 is 10.4. The number of rotatable bonds is 6. The Kier molecular flexibility index (Phi) is 5.21. The minimum Gasteiger partial charge on any atom is -0.444 e. The standard InChI is InChI=1S/C12H23NO4/c1-12(2,3)17-11(15)13-9(10-8-16-10)6-4-5-7-14/h9-10,14H,4-8H2,1-3H3,(H,13,15)/t9-,10+/m0/s1. The van der Waals surface area contributed by atoms with Crippen LogP contribution in [0.4, 0.5) is 4.79 Å². The number of carbonyl (C=O) groups excluding carboxylic acids is 1. The number of aliphatic hydroxyl groups excluding tert-OH is 1. The molecule has 100 valence electrons. The highest BCUT2D eigenvalue weighted by atomic mass is 16.6. The van der Waals surface area contributed by atoms with E-state index in [1.165, 1.54) is 0 Å². The predicted molar refractivity (Wildman–Crippen MR) is 63.8 cm³/mol. The van der Waals surface area contributed by atoms with E-state index in [4.69, 9.17) is 14.6 Å². The lowest BCUT2D eigenvalue weighted by Gasteiger charge is -2.22. The second-order valence-electron chi connectivity index (χ2n) is 5.34. The molecule has 1 fully saturated rings. The number of alkyl carbamates (subject to hydrolysis) is 1. The van der Waals surface area contributed by atoms with E-state index >= 15 is 0 Å². The van der Waals surface area contributed by atoms with Gasteiger partial charge in [-0.2, -0.15) is 0 Å². The molecule has 0 aliphatic carbocycles. The summed E-state index contributed by atoms with van der Waals surface area (Å²) in [6.45, 7) is 6.38. The molecule has 1 aliphatic rings. The topological polar surface area (TPSA) is 71.1 Å². The van der Waals surface area contributed by atoms with Crippen molar-refractivity contribution in [3.05, 3.63) is 0 Å². The fourth-order valence-corrected chi connectivity index (χ4v) is 1.57. The monoisotopic (exact) mass is 245 g/mol. The van der Waals surface area contributed by atoms with Crippen molar-refractivity contribution in [3.63, 3.8) is 0 Å². The van der Waals surface area contributed by atoms with Gasteiger partial charge in [-0.1, -0.05) is 0 Å². The number of epoxide rings is 1. The first-order valence-electron chi connectivity index (χ1n) is 6.14. The van der Waals surface area contributed by atoms with Crippen molar-refractivity contribution in [2.75, 3.05) is 13.2 Å². The summed E-state index contributed by atoms with van der Waals surface area (Å²) in [6.07, 6.45) is 2.14. The molecule has 0 bridgehead atoms. The average molecular weight is 245 g/mol.